The summed E-state index contributed by atoms with van der Waals surface area (Å²) >= 11 is 0. The molecule has 0 aliphatic heterocycles. The van der Waals surface area contributed by atoms with Gasteiger partial charge in [0.1, 0.15) is 0 Å². The molecule has 0 aromatic rings. The topological polar surface area (TPSA) is 52.0 Å². The first-order valence-electron chi connectivity index (χ1n) is 3.28. The molecule has 0 aliphatic rings. The van der Waals surface area contributed by atoms with Crippen molar-refractivity contribution < 1.29 is 0 Å². The van der Waals surface area contributed by atoms with Crippen LogP contribution in [-0.2, 0) is 0 Å². The lowest BCUT2D eigenvalue weighted by Gasteiger charge is -1.96. The Morgan fingerprint density at radius 2 is 1.88 bits per heavy atom. The predicted octanol–water partition coefficient (Wildman–Crippen LogP) is 0.582. The summed E-state index contributed by atoms with van der Waals surface area (Å²) in [5.74, 6) is 0. The van der Waals surface area contributed by atoms with Gasteiger partial charge in [-0.1, -0.05) is 26.2 Å². The van der Waals surface area contributed by atoms with Crippen molar-refractivity contribution in [3.63, 3.8) is 0 Å². The van der Waals surface area contributed by atoms with Crippen LogP contribution in [0.4, 0.5) is 0 Å². The van der Waals surface area contributed by atoms with E-state index in [9.17, 15) is 0 Å². The summed E-state index contributed by atoms with van der Waals surface area (Å²) in [7, 11) is 0. The highest BCUT2D eigenvalue weighted by molar-refractivity contribution is 6.51. The number of rotatable bonds is 4. The summed E-state index contributed by atoms with van der Waals surface area (Å²) in [5, 5.41) is 0. The van der Waals surface area contributed by atoms with Crippen molar-refractivity contribution in [1.29, 1.82) is 0 Å². The van der Waals surface area contributed by atoms with Crippen molar-refractivity contribution in [3.05, 3.63) is 0 Å². The average molecular weight is 114 g/mol. The molecule has 0 rings (SSSR count). The summed E-state index contributed by atoms with van der Waals surface area (Å²) in [5.41, 5.74) is 10.6. The molecule has 48 valence electrons. The predicted molar refractivity (Wildman–Crippen MR) is 38.5 cm³/mol. The van der Waals surface area contributed by atoms with Crippen LogP contribution in [0.5, 0.6) is 0 Å². The number of hydrogen-bond acceptors (Lipinski definition) is 2. The first-order valence-corrected chi connectivity index (χ1v) is 3.28. The Kier molecular flexibility index (Phi) is 5.12. The lowest BCUT2D eigenvalue weighted by molar-refractivity contribution is 0.764. The minimum absolute atomic E-state index is 0.0958. The molecule has 0 saturated carbocycles. The molecule has 0 bridgehead atoms. The number of hydrogen-bond donors (Lipinski definition) is 2. The van der Waals surface area contributed by atoms with Gasteiger partial charge in [-0.3, -0.25) is 0 Å². The maximum absolute atomic E-state index is 5.31. The molecule has 0 aromatic heterocycles. The molecule has 0 aromatic carbocycles. The van der Waals surface area contributed by atoms with E-state index in [0.29, 0.717) is 0 Å². The van der Waals surface area contributed by atoms with E-state index in [-0.39, 0.29) is 6.98 Å². The van der Waals surface area contributed by atoms with Crippen LogP contribution in [0.3, 0.4) is 0 Å². The normalized spacial score (nSPS) is 9.38. The first-order chi connectivity index (χ1) is 3.77. The molecule has 0 saturated heterocycles. The molecule has 0 heterocycles. The van der Waals surface area contributed by atoms with E-state index in [1.54, 1.807) is 0 Å². The van der Waals surface area contributed by atoms with Crippen molar-refractivity contribution >= 4 is 6.98 Å². The van der Waals surface area contributed by atoms with Crippen LogP contribution in [0.15, 0.2) is 0 Å². The summed E-state index contributed by atoms with van der Waals surface area (Å²) in [6, 6.07) is 0. The van der Waals surface area contributed by atoms with Crippen molar-refractivity contribution in [2.24, 2.45) is 11.3 Å². The number of nitrogens with two attached hydrogens (primary N) is 2. The van der Waals surface area contributed by atoms with Crippen LogP contribution in [0.1, 0.15) is 26.2 Å². The highest BCUT2D eigenvalue weighted by Gasteiger charge is 1.97. The van der Waals surface area contributed by atoms with Crippen LogP contribution < -0.4 is 11.3 Å². The van der Waals surface area contributed by atoms with Gasteiger partial charge in [-0.25, -0.2) is 0 Å². The SMILES string of the molecule is CCCCCB(N)N. The van der Waals surface area contributed by atoms with Crippen molar-refractivity contribution in [2.75, 3.05) is 0 Å². The van der Waals surface area contributed by atoms with E-state index in [2.05, 4.69) is 6.92 Å². The van der Waals surface area contributed by atoms with Crippen LogP contribution in [0, 0.1) is 0 Å². The molecule has 0 aliphatic carbocycles. The molecule has 4 N–H and O–H groups in total. The van der Waals surface area contributed by atoms with E-state index in [1.807, 2.05) is 0 Å². The molecule has 0 atom stereocenters. The molecule has 0 spiro atoms. The lowest BCUT2D eigenvalue weighted by Crippen LogP contribution is -2.36. The van der Waals surface area contributed by atoms with Crippen LogP contribution in [-0.4, -0.2) is 6.98 Å². The van der Waals surface area contributed by atoms with Crippen LogP contribution in [0.2, 0.25) is 6.32 Å². The molecular weight excluding hydrogens is 98.9 g/mol. The van der Waals surface area contributed by atoms with E-state index in [1.165, 1.54) is 19.3 Å². The van der Waals surface area contributed by atoms with Gasteiger partial charge in [0.05, 0.1) is 0 Å². The Morgan fingerprint density at radius 1 is 1.25 bits per heavy atom. The third-order valence-corrected chi connectivity index (χ3v) is 1.14. The van der Waals surface area contributed by atoms with E-state index in [0.717, 1.165) is 6.32 Å². The summed E-state index contributed by atoms with van der Waals surface area (Å²) < 4.78 is 0. The molecule has 0 unspecified atom stereocenters. The summed E-state index contributed by atoms with van der Waals surface area (Å²) in [6.07, 6.45) is 4.64. The summed E-state index contributed by atoms with van der Waals surface area (Å²) in [4.78, 5) is 0. The maximum Gasteiger partial charge on any atom is 0.299 e. The second-order valence-corrected chi connectivity index (χ2v) is 2.16. The molecule has 3 heteroatoms. The maximum atomic E-state index is 5.31. The molecule has 0 fully saturated rings. The third-order valence-electron chi connectivity index (χ3n) is 1.14. The largest absolute Gasteiger partial charge is 0.356 e. The Hall–Kier alpha value is -0.0151. The lowest BCUT2D eigenvalue weighted by atomic mass is 9.75. The molecular formula is C5H15BN2. The average Bonchev–Trinajstić information content (AvgIpc) is 1.66. The van der Waals surface area contributed by atoms with Gasteiger partial charge in [0, 0.05) is 0 Å². The second kappa shape index (κ2) is 5.13. The Balaban J connectivity index is 2.72. The van der Waals surface area contributed by atoms with Gasteiger partial charge >= 0.3 is 0 Å². The fourth-order valence-electron chi connectivity index (χ4n) is 0.630. The highest BCUT2D eigenvalue weighted by Crippen LogP contribution is 1.97. The van der Waals surface area contributed by atoms with E-state index >= 15 is 0 Å². The van der Waals surface area contributed by atoms with Gasteiger partial charge in [0.25, 0.3) is 6.98 Å². The van der Waals surface area contributed by atoms with Gasteiger partial charge in [0.15, 0.2) is 0 Å². The van der Waals surface area contributed by atoms with Gasteiger partial charge in [-0.15, -0.1) is 0 Å². The van der Waals surface area contributed by atoms with Crippen molar-refractivity contribution in [1.82, 2.24) is 0 Å². The second-order valence-electron chi connectivity index (χ2n) is 2.16. The first kappa shape index (κ1) is 7.98. The van der Waals surface area contributed by atoms with Crippen LogP contribution in [0.25, 0.3) is 0 Å². The zero-order chi connectivity index (χ0) is 6.41. The Labute approximate surface area is 51.7 Å². The van der Waals surface area contributed by atoms with Crippen molar-refractivity contribution in [2.45, 2.75) is 32.5 Å². The minimum Gasteiger partial charge on any atom is -0.356 e. The van der Waals surface area contributed by atoms with Crippen LogP contribution >= 0.6 is 0 Å². The highest BCUT2D eigenvalue weighted by atomic mass is 14.6. The molecule has 0 radical (unpaired) electrons. The quantitative estimate of drug-likeness (QED) is 0.415. The van der Waals surface area contributed by atoms with E-state index in [4.69, 9.17) is 11.3 Å². The zero-order valence-electron chi connectivity index (χ0n) is 5.56. The minimum atomic E-state index is -0.0958. The summed E-state index contributed by atoms with van der Waals surface area (Å²) in [6.45, 7) is 2.07. The Bertz CT molecular complexity index is 47.7. The van der Waals surface area contributed by atoms with Crippen molar-refractivity contribution in [3.8, 4) is 0 Å². The number of unbranched alkanes of at least 4 members (excludes halogenated alkanes) is 2. The van der Waals surface area contributed by atoms with Gasteiger partial charge in [-0.2, -0.15) is 0 Å². The molecule has 8 heavy (non-hydrogen) atoms. The zero-order valence-corrected chi connectivity index (χ0v) is 5.56. The molecule has 2 nitrogen and oxygen atoms in total. The fourth-order valence-corrected chi connectivity index (χ4v) is 0.630. The monoisotopic (exact) mass is 114 g/mol. The van der Waals surface area contributed by atoms with Gasteiger partial charge < -0.3 is 11.3 Å². The van der Waals surface area contributed by atoms with Gasteiger partial charge in [0.2, 0.25) is 0 Å². The Morgan fingerprint density at radius 3 is 2.25 bits per heavy atom. The van der Waals surface area contributed by atoms with E-state index < -0.39 is 0 Å². The fraction of sp³-hybridized carbons (Fsp3) is 1.00. The van der Waals surface area contributed by atoms with Gasteiger partial charge in [-0.05, 0) is 6.32 Å². The molecule has 0 amide bonds. The smallest absolute Gasteiger partial charge is 0.299 e. The standard InChI is InChI=1S/C5H15BN2/c1-2-3-4-5-6(7)8/h2-5,7-8H2,1H3. The third kappa shape index (κ3) is 5.98.